The smallest absolute Gasteiger partial charge is 0.257 e. The van der Waals surface area contributed by atoms with Crippen LogP contribution in [0.15, 0.2) is 57.9 Å². The molecule has 0 aliphatic heterocycles. The van der Waals surface area contributed by atoms with Crippen LogP contribution in [-0.2, 0) is 0 Å². The summed E-state index contributed by atoms with van der Waals surface area (Å²) in [6, 6.07) is 9.21. The molecule has 27 heavy (non-hydrogen) atoms. The number of aryl methyl sites for hydroxylation is 1. The maximum absolute atomic E-state index is 12.6. The minimum atomic E-state index is -0.374. The maximum Gasteiger partial charge on any atom is 0.257 e. The van der Waals surface area contributed by atoms with Crippen LogP contribution in [0.5, 0.6) is 5.75 Å². The lowest BCUT2D eigenvalue weighted by atomic mass is 10.2. The Bertz CT molecular complexity index is 899. The number of amides is 1. The van der Waals surface area contributed by atoms with Crippen LogP contribution in [0.25, 0.3) is 0 Å². The molecule has 2 heterocycles. The van der Waals surface area contributed by atoms with E-state index in [-0.39, 0.29) is 18.6 Å². The van der Waals surface area contributed by atoms with E-state index in [2.05, 4.69) is 15.3 Å². The van der Waals surface area contributed by atoms with E-state index in [0.29, 0.717) is 16.4 Å². The van der Waals surface area contributed by atoms with Crippen molar-refractivity contribution in [2.75, 3.05) is 11.9 Å². The Balaban J connectivity index is 1.87. The van der Waals surface area contributed by atoms with Gasteiger partial charge in [0.15, 0.2) is 5.13 Å². The molecule has 0 fully saturated rings. The van der Waals surface area contributed by atoms with Crippen molar-refractivity contribution in [2.45, 2.75) is 29.7 Å². The van der Waals surface area contributed by atoms with E-state index in [1.54, 1.807) is 36.8 Å². The molecule has 0 aliphatic carbocycles. The zero-order valence-electron chi connectivity index (χ0n) is 14.9. The third kappa shape index (κ3) is 5.53. The first kappa shape index (κ1) is 19.3. The molecule has 1 aromatic carbocycles. The highest BCUT2D eigenvalue weighted by molar-refractivity contribution is 7.99. The van der Waals surface area contributed by atoms with Gasteiger partial charge in [-0.05, 0) is 44.2 Å². The van der Waals surface area contributed by atoms with E-state index in [4.69, 9.17) is 4.74 Å². The fourth-order valence-corrected chi connectivity index (χ4v) is 3.60. The second-order valence-corrected chi connectivity index (χ2v) is 7.87. The van der Waals surface area contributed by atoms with Crippen LogP contribution in [0, 0.1) is 6.92 Å². The molecule has 3 rings (SSSR count). The zero-order chi connectivity index (χ0) is 19.2. The van der Waals surface area contributed by atoms with Crippen molar-refractivity contribution in [3.8, 4) is 5.75 Å². The summed E-state index contributed by atoms with van der Waals surface area (Å²) in [4.78, 5) is 22.8. The van der Waals surface area contributed by atoms with E-state index >= 15 is 0 Å². The second-order valence-electron chi connectivity index (χ2n) is 5.83. The van der Waals surface area contributed by atoms with Crippen LogP contribution in [0.2, 0.25) is 0 Å². The third-order valence-corrected chi connectivity index (χ3v) is 5.15. The lowest BCUT2D eigenvalue weighted by Crippen LogP contribution is -2.17. The van der Waals surface area contributed by atoms with Crippen molar-refractivity contribution in [1.82, 2.24) is 9.97 Å². The van der Waals surface area contributed by atoms with Crippen LogP contribution in [-0.4, -0.2) is 33.7 Å². The number of aliphatic hydroxyl groups excluding tert-OH is 1. The van der Waals surface area contributed by atoms with Crippen molar-refractivity contribution >= 4 is 34.1 Å². The van der Waals surface area contributed by atoms with Crippen LogP contribution in [0.4, 0.5) is 5.13 Å². The fraction of sp³-hybridized carbons (Fsp3) is 0.211. The number of nitrogens with one attached hydrogen (secondary N) is 1. The first-order valence-electron chi connectivity index (χ1n) is 8.27. The Morgan fingerprint density at radius 3 is 2.81 bits per heavy atom. The molecule has 6 nitrogen and oxygen atoms in total. The number of anilines is 1. The minimum Gasteiger partial charge on any atom is -0.488 e. The molecule has 1 unspecified atom stereocenters. The van der Waals surface area contributed by atoms with Crippen molar-refractivity contribution in [2.24, 2.45) is 0 Å². The molecule has 0 radical (unpaired) electrons. The van der Waals surface area contributed by atoms with Gasteiger partial charge < -0.3 is 9.84 Å². The van der Waals surface area contributed by atoms with E-state index in [9.17, 15) is 9.90 Å². The molecule has 1 amide bonds. The van der Waals surface area contributed by atoms with E-state index in [1.165, 1.54) is 23.1 Å². The van der Waals surface area contributed by atoms with Gasteiger partial charge in [-0.15, -0.1) is 11.3 Å². The lowest BCUT2D eigenvalue weighted by Gasteiger charge is -2.14. The molecule has 2 aromatic heterocycles. The van der Waals surface area contributed by atoms with Gasteiger partial charge in [-0.25, -0.2) is 4.98 Å². The molecule has 0 spiro atoms. The van der Waals surface area contributed by atoms with Gasteiger partial charge in [-0.3, -0.25) is 15.1 Å². The number of carbonyl (C=O) groups is 1. The summed E-state index contributed by atoms with van der Waals surface area (Å²) in [5, 5.41) is 14.4. The molecule has 0 saturated heterocycles. The Labute approximate surface area is 165 Å². The number of thiazole rings is 1. The summed E-state index contributed by atoms with van der Waals surface area (Å²) >= 11 is 2.84. The van der Waals surface area contributed by atoms with Crippen molar-refractivity contribution < 1.29 is 14.6 Å². The molecule has 0 aliphatic rings. The topological polar surface area (TPSA) is 84.3 Å². The van der Waals surface area contributed by atoms with Gasteiger partial charge in [0.2, 0.25) is 0 Å². The fourth-order valence-electron chi connectivity index (χ4n) is 2.20. The molecule has 2 N–H and O–H groups in total. The van der Waals surface area contributed by atoms with Gasteiger partial charge in [0, 0.05) is 38.8 Å². The predicted octanol–water partition coefficient (Wildman–Crippen LogP) is 4.01. The number of benzene rings is 1. The van der Waals surface area contributed by atoms with Crippen LogP contribution >= 0.6 is 23.1 Å². The highest BCUT2D eigenvalue weighted by atomic mass is 32.2. The van der Waals surface area contributed by atoms with Gasteiger partial charge in [0.1, 0.15) is 11.9 Å². The second kappa shape index (κ2) is 8.98. The highest BCUT2D eigenvalue weighted by Crippen LogP contribution is 2.32. The number of pyridine rings is 1. The number of ether oxygens (including phenoxy) is 1. The molecule has 0 saturated carbocycles. The molecule has 1 atom stereocenters. The highest BCUT2D eigenvalue weighted by Gasteiger charge is 2.13. The Morgan fingerprint density at radius 2 is 2.15 bits per heavy atom. The largest absolute Gasteiger partial charge is 0.488 e. The summed E-state index contributed by atoms with van der Waals surface area (Å²) < 4.78 is 5.72. The molecular formula is C19H19N3O3S2. The van der Waals surface area contributed by atoms with Crippen molar-refractivity contribution in [3.63, 3.8) is 0 Å². The lowest BCUT2D eigenvalue weighted by molar-refractivity contribution is 0.102. The summed E-state index contributed by atoms with van der Waals surface area (Å²) in [5.41, 5.74) is 1.40. The SMILES string of the molecule is Cc1ccc(Sc2cc(OC(C)CO)cc(C(=O)Nc3nccs3)c2)cn1. The monoisotopic (exact) mass is 401 g/mol. The predicted molar refractivity (Wildman–Crippen MR) is 107 cm³/mol. The normalized spacial score (nSPS) is 11.8. The number of carbonyl (C=O) groups excluding carboxylic acids is 1. The van der Waals surface area contributed by atoms with Gasteiger partial charge in [0.25, 0.3) is 5.91 Å². The zero-order valence-corrected chi connectivity index (χ0v) is 16.5. The Morgan fingerprint density at radius 1 is 1.30 bits per heavy atom. The first-order chi connectivity index (χ1) is 13.0. The van der Waals surface area contributed by atoms with Crippen molar-refractivity contribution in [3.05, 3.63) is 59.4 Å². The van der Waals surface area contributed by atoms with Crippen LogP contribution in [0.1, 0.15) is 23.0 Å². The Kier molecular flexibility index (Phi) is 6.44. The molecule has 8 heteroatoms. The van der Waals surface area contributed by atoms with Gasteiger partial charge in [-0.2, -0.15) is 0 Å². The summed E-state index contributed by atoms with van der Waals surface area (Å²) in [6.45, 7) is 3.58. The number of hydrogen-bond donors (Lipinski definition) is 2. The summed E-state index contributed by atoms with van der Waals surface area (Å²) in [7, 11) is 0. The standard InChI is InChI=1S/C19H19N3O3S2/c1-12-3-4-16(10-21-12)27-17-8-14(7-15(9-17)25-13(2)11-23)18(24)22-19-20-5-6-26-19/h3-10,13,23H,11H2,1-2H3,(H,20,22,24). The van der Waals surface area contributed by atoms with Gasteiger partial charge >= 0.3 is 0 Å². The molecule has 3 aromatic rings. The molecular weight excluding hydrogens is 382 g/mol. The summed E-state index contributed by atoms with van der Waals surface area (Å²) in [5.74, 6) is 0.252. The van der Waals surface area contributed by atoms with E-state index in [1.807, 2.05) is 25.1 Å². The third-order valence-electron chi connectivity index (χ3n) is 3.51. The average molecular weight is 402 g/mol. The molecule has 140 valence electrons. The van der Waals surface area contributed by atoms with Gasteiger partial charge in [-0.1, -0.05) is 11.8 Å². The first-order valence-corrected chi connectivity index (χ1v) is 9.97. The number of rotatable bonds is 7. The number of nitrogens with zero attached hydrogens (tertiary/aromatic N) is 2. The van der Waals surface area contributed by atoms with E-state index < -0.39 is 0 Å². The van der Waals surface area contributed by atoms with E-state index in [0.717, 1.165) is 15.5 Å². The summed E-state index contributed by atoms with van der Waals surface area (Å²) in [6.07, 6.45) is 3.05. The number of aliphatic hydroxyl groups is 1. The maximum atomic E-state index is 12.6. The minimum absolute atomic E-state index is 0.111. The number of aromatic nitrogens is 2. The van der Waals surface area contributed by atoms with Crippen LogP contribution < -0.4 is 10.1 Å². The molecule has 0 bridgehead atoms. The van der Waals surface area contributed by atoms with Crippen LogP contribution in [0.3, 0.4) is 0 Å². The average Bonchev–Trinajstić information content (AvgIpc) is 3.16. The Hall–Kier alpha value is -2.42. The quantitative estimate of drug-likeness (QED) is 0.622. The number of hydrogen-bond acceptors (Lipinski definition) is 7. The van der Waals surface area contributed by atoms with Gasteiger partial charge in [0.05, 0.1) is 6.61 Å². The van der Waals surface area contributed by atoms with Crippen molar-refractivity contribution in [1.29, 1.82) is 0 Å².